The second-order valence-corrected chi connectivity index (χ2v) is 6.48. The first-order chi connectivity index (χ1) is 9.02. The number of nitrogens with zero attached hydrogens (tertiary/aromatic N) is 2. The summed E-state index contributed by atoms with van der Waals surface area (Å²) in [5, 5.41) is 8.83. The van der Waals surface area contributed by atoms with E-state index in [0.29, 0.717) is 17.9 Å². The van der Waals surface area contributed by atoms with E-state index in [1.54, 1.807) is 11.3 Å². The van der Waals surface area contributed by atoms with Gasteiger partial charge in [-0.25, -0.2) is 0 Å². The third kappa shape index (κ3) is 2.74. The molecule has 0 aromatic carbocycles. The Balaban J connectivity index is 1.64. The van der Waals surface area contributed by atoms with E-state index >= 15 is 0 Å². The first kappa shape index (κ1) is 12.9. The zero-order valence-corrected chi connectivity index (χ0v) is 11.4. The topological polar surface area (TPSA) is 37.8 Å². The summed E-state index contributed by atoms with van der Waals surface area (Å²) in [7, 11) is 0. The van der Waals surface area contributed by atoms with Gasteiger partial charge < -0.3 is 5.32 Å². The lowest BCUT2D eigenvalue weighted by Crippen LogP contribution is -2.03. The fourth-order valence-corrected chi connectivity index (χ4v) is 3.86. The van der Waals surface area contributed by atoms with Crippen LogP contribution in [0.1, 0.15) is 26.7 Å². The lowest BCUT2D eigenvalue weighted by atomic mass is 10.2. The standard InChI is InChI=1S/C11H10F3N3S2/c12-11(13,14)9-16-17-10(19-9)15-5-7-4-6-2-1-3-8(6)18-7/h4H,1-3,5H2,(H,15,17). The van der Waals surface area contributed by atoms with Gasteiger partial charge in [-0.05, 0) is 30.9 Å². The molecular weight excluding hydrogens is 295 g/mol. The maximum atomic E-state index is 12.4. The number of rotatable bonds is 3. The van der Waals surface area contributed by atoms with E-state index in [9.17, 15) is 13.2 Å². The van der Waals surface area contributed by atoms with Crippen LogP contribution in [0, 0.1) is 0 Å². The van der Waals surface area contributed by atoms with Gasteiger partial charge in [0.25, 0.3) is 0 Å². The number of alkyl halides is 3. The minimum absolute atomic E-state index is 0.209. The van der Waals surface area contributed by atoms with Crippen LogP contribution in [-0.2, 0) is 25.6 Å². The van der Waals surface area contributed by atoms with Crippen molar-refractivity contribution in [2.24, 2.45) is 0 Å². The minimum Gasteiger partial charge on any atom is -0.355 e. The van der Waals surface area contributed by atoms with Gasteiger partial charge in [-0.15, -0.1) is 21.5 Å². The van der Waals surface area contributed by atoms with E-state index in [1.165, 1.54) is 16.9 Å². The molecule has 3 nitrogen and oxygen atoms in total. The number of aryl methyl sites for hydroxylation is 2. The van der Waals surface area contributed by atoms with Crippen LogP contribution in [0.15, 0.2) is 6.07 Å². The molecule has 1 aliphatic carbocycles. The molecule has 0 amide bonds. The third-order valence-corrected chi connectivity index (χ3v) is 5.04. The van der Waals surface area contributed by atoms with Crippen LogP contribution in [0.3, 0.4) is 0 Å². The Bertz CT molecular complexity index is 567. The molecule has 1 N–H and O–H groups in total. The van der Waals surface area contributed by atoms with Crippen molar-refractivity contribution in [3.8, 4) is 0 Å². The number of hydrogen-bond donors (Lipinski definition) is 1. The van der Waals surface area contributed by atoms with Crippen molar-refractivity contribution >= 4 is 27.8 Å². The lowest BCUT2D eigenvalue weighted by molar-refractivity contribution is -0.138. The molecule has 0 fully saturated rings. The molecule has 0 bridgehead atoms. The Morgan fingerprint density at radius 2 is 2.05 bits per heavy atom. The number of thiophene rings is 1. The summed E-state index contributed by atoms with van der Waals surface area (Å²) in [6.45, 7) is 0.504. The first-order valence-electron chi connectivity index (χ1n) is 5.77. The molecule has 1 aliphatic rings. The van der Waals surface area contributed by atoms with Crippen molar-refractivity contribution < 1.29 is 13.2 Å². The number of hydrogen-bond acceptors (Lipinski definition) is 5. The van der Waals surface area contributed by atoms with Gasteiger partial charge in [-0.3, -0.25) is 0 Å². The Kier molecular flexibility index (Phi) is 3.22. The van der Waals surface area contributed by atoms with Crippen LogP contribution in [0.4, 0.5) is 18.3 Å². The van der Waals surface area contributed by atoms with Crippen LogP contribution >= 0.6 is 22.7 Å². The molecule has 0 saturated heterocycles. The van der Waals surface area contributed by atoms with Gasteiger partial charge >= 0.3 is 6.18 Å². The van der Waals surface area contributed by atoms with Crippen LogP contribution in [0.5, 0.6) is 0 Å². The molecule has 3 rings (SSSR count). The van der Waals surface area contributed by atoms with Crippen LogP contribution in [0.25, 0.3) is 0 Å². The molecule has 0 spiro atoms. The zero-order chi connectivity index (χ0) is 13.5. The van der Waals surface area contributed by atoms with Crippen molar-refractivity contribution in [2.75, 3.05) is 5.32 Å². The summed E-state index contributed by atoms with van der Waals surface area (Å²) < 4.78 is 37.1. The minimum atomic E-state index is -4.41. The first-order valence-corrected chi connectivity index (χ1v) is 7.41. The molecule has 0 saturated carbocycles. The summed E-state index contributed by atoms with van der Waals surface area (Å²) in [6, 6.07) is 2.13. The van der Waals surface area contributed by atoms with E-state index < -0.39 is 11.2 Å². The molecule has 0 atom stereocenters. The molecule has 8 heteroatoms. The molecule has 0 unspecified atom stereocenters. The Labute approximate surface area is 115 Å². The largest absolute Gasteiger partial charge is 0.445 e. The molecule has 2 heterocycles. The second-order valence-electron chi connectivity index (χ2n) is 4.28. The zero-order valence-electron chi connectivity index (χ0n) is 9.75. The highest BCUT2D eigenvalue weighted by Crippen LogP contribution is 2.34. The number of halogens is 3. The van der Waals surface area contributed by atoms with Crippen LogP contribution < -0.4 is 5.32 Å². The lowest BCUT2D eigenvalue weighted by Gasteiger charge is -1.99. The summed E-state index contributed by atoms with van der Waals surface area (Å²) in [5.41, 5.74) is 1.38. The van der Waals surface area contributed by atoms with Crippen LogP contribution in [-0.4, -0.2) is 10.2 Å². The highest BCUT2D eigenvalue weighted by atomic mass is 32.1. The maximum Gasteiger partial charge on any atom is 0.445 e. The molecule has 19 heavy (non-hydrogen) atoms. The fraction of sp³-hybridized carbons (Fsp3) is 0.455. The van der Waals surface area contributed by atoms with Gasteiger partial charge in [0.05, 0.1) is 6.54 Å². The summed E-state index contributed by atoms with van der Waals surface area (Å²) in [5.74, 6) is 0. The van der Waals surface area contributed by atoms with E-state index in [-0.39, 0.29) is 5.13 Å². The molecule has 2 aromatic heterocycles. The van der Waals surface area contributed by atoms with Crippen LogP contribution in [0.2, 0.25) is 0 Å². The highest BCUT2D eigenvalue weighted by molar-refractivity contribution is 7.15. The summed E-state index contributed by atoms with van der Waals surface area (Å²) in [4.78, 5) is 2.54. The van der Waals surface area contributed by atoms with Gasteiger partial charge in [0.15, 0.2) is 0 Å². The molecule has 0 aliphatic heterocycles. The van der Waals surface area contributed by atoms with E-state index in [1.807, 2.05) is 0 Å². The fourth-order valence-electron chi connectivity index (χ4n) is 2.05. The van der Waals surface area contributed by atoms with Gasteiger partial charge in [0.2, 0.25) is 10.1 Å². The van der Waals surface area contributed by atoms with Crippen molar-refractivity contribution in [1.82, 2.24) is 10.2 Å². The van der Waals surface area contributed by atoms with E-state index in [4.69, 9.17) is 0 Å². The highest BCUT2D eigenvalue weighted by Gasteiger charge is 2.35. The smallest absolute Gasteiger partial charge is 0.355 e. The number of anilines is 1. The van der Waals surface area contributed by atoms with Gasteiger partial charge in [0, 0.05) is 9.75 Å². The average molecular weight is 305 g/mol. The average Bonchev–Trinajstić information content (AvgIpc) is 3.00. The second kappa shape index (κ2) is 4.75. The van der Waals surface area contributed by atoms with E-state index in [0.717, 1.165) is 17.7 Å². The van der Waals surface area contributed by atoms with Gasteiger partial charge in [0.1, 0.15) is 0 Å². The molecule has 0 radical (unpaired) electrons. The number of nitrogens with one attached hydrogen (secondary N) is 1. The summed E-state index contributed by atoms with van der Waals surface area (Å²) in [6.07, 6.45) is -0.970. The van der Waals surface area contributed by atoms with Crippen molar-refractivity contribution in [1.29, 1.82) is 0 Å². The van der Waals surface area contributed by atoms with Crippen molar-refractivity contribution in [2.45, 2.75) is 32.0 Å². The number of aromatic nitrogens is 2. The normalized spacial score (nSPS) is 14.7. The van der Waals surface area contributed by atoms with Gasteiger partial charge in [-0.2, -0.15) is 13.2 Å². The predicted molar refractivity (Wildman–Crippen MR) is 68.6 cm³/mol. The van der Waals surface area contributed by atoms with Crippen molar-refractivity contribution in [3.05, 3.63) is 26.4 Å². The Morgan fingerprint density at radius 3 is 2.74 bits per heavy atom. The monoisotopic (exact) mass is 305 g/mol. The molecule has 102 valence electrons. The Morgan fingerprint density at radius 1 is 1.21 bits per heavy atom. The SMILES string of the molecule is FC(F)(F)c1nnc(NCc2cc3c(s2)CCC3)s1. The number of fused-ring (bicyclic) bond motifs is 1. The van der Waals surface area contributed by atoms with Gasteiger partial charge in [-0.1, -0.05) is 11.3 Å². The molecular formula is C11H10F3N3S2. The molecule has 2 aromatic rings. The predicted octanol–water partition coefficient (Wildman–Crippen LogP) is 3.72. The summed E-state index contributed by atoms with van der Waals surface area (Å²) >= 11 is 2.26. The van der Waals surface area contributed by atoms with E-state index in [2.05, 4.69) is 21.6 Å². The third-order valence-electron chi connectivity index (χ3n) is 2.88. The maximum absolute atomic E-state index is 12.4. The van der Waals surface area contributed by atoms with Crippen molar-refractivity contribution in [3.63, 3.8) is 0 Å². The quantitative estimate of drug-likeness (QED) is 0.939. The Hall–Kier alpha value is -1.15.